The fourth-order valence-corrected chi connectivity index (χ4v) is 3.05. The van der Waals surface area contributed by atoms with Crippen LogP contribution < -0.4 is 5.73 Å². The van der Waals surface area contributed by atoms with Crippen LogP contribution >= 0.6 is 0 Å². The van der Waals surface area contributed by atoms with Crippen LogP contribution in [0.3, 0.4) is 0 Å². The van der Waals surface area contributed by atoms with Crippen molar-refractivity contribution < 1.29 is 22.3 Å². The van der Waals surface area contributed by atoms with Gasteiger partial charge in [-0.2, -0.15) is 13.2 Å². The first kappa shape index (κ1) is 16.2. The number of alkyl halides is 3. The van der Waals surface area contributed by atoms with Crippen LogP contribution in [0.25, 0.3) is 0 Å². The summed E-state index contributed by atoms with van der Waals surface area (Å²) < 4.78 is 57.3. The third-order valence-electron chi connectivity index (χ3n) is 4.33. The number of methoxy groups -OCH3 is 1. The number of hydrogen-bond acceptors (Lipinski definition) is 2. The van der Waals surface area contributed by atoms with E-state index < -0.39 is 29.2 Å². The highest BCUT2D eigenvalue weighted by Gasteiger charge is 2.40. The Labute approximate surface area is 121 Å². The minimum absolute atomic E-state index is 0.257. The summed E-state index contributed by atoms with van der Waals surface area (Å²) in [5.74, 6) is -1.28. The van der Waals surface area contributed by atoms with Crippen molar-refractivity contribution >= 4 is 0 Å². The normalized spacial score (nSPS) is 20.3. The molecule has 118 valence electrons. The number of nitrogens with two attached hydrogens (primary N) is 1. The summed E-state index contributed by atoms with van der Waals surface area (Å²) >= 11 is 0. The molecule has 1 saturated carbocycles. The molecule has 2 N–H and O–H groups in total. The van der Waals surface area contributed by atoms with Gasteiger partial charge in [-0.25, -0.2) is 4.39 Å². The van der Waals surface area contributed by atoms with E-state index in [9.17, 15) is 17.6 Å². The highest BCUT2D eigenvalue weighted by atomic mass is 19.4. The lowest BCUT2D eigenvalue weighted by molar-refractivity contribution is -0.140. The molecule has 0 heterocycles. The second-order valence-corrected chi connectivity index (χ2v) is 5.54. The summed E-state index contributed by atoms with van der Waals surface area (Å²) in [6, 6.07) is 2.23. The van der Waals surface area contributed by atoms with Gasteiger partial charge in [0.1, 0.15) is 5.82 Å². The number of hydrogen-bond donors (Lipinski definition) is 1. The van der Waals surface area contributed by atoms with E-state index in [1.165, 1.54) is 13.2 Å². The third kappa shape index (κ3) is 3.21. The van der Waals surface area contributed by atoms with Crippen molar-refractivity contribution in [2.45, 2.75) is 49.9 Å². The van der Waals surface area contributed by atoms with Gasteiger partial charge in [0.15, 0.2) is 0 Å². The van der Waals surface area contributed by atoms with E-state index in [0.717, 1.165) is 31.4 Å². The molecule has 1 fully saturated rings. The molecular weight excluding hydrogens is 286 g/mol. The fraction of sp³-hybridized carbons (Fsp3) is 0.600. The molecule has 21 heavy (non-hydrogen) atoms. The molecule has 0 spiro atoms. The van der Waals surface area contributed by atoms with Gasteiger partial charge in [-0.1, -0.05) is 25.3 Å². The minimum atomic E-state index is -4.73. The Morgan fingerprint density at radius 3 is 2.33 bits per heavy atom. The van der Waals surface area contributed by atoms with Crippen molar-refractivity contribution in [3.05, 3.63) is 35.1 Å². The maximum Gasteiger partial charge on any atom is 0.419 e. The van der Waals surface area contributed by atoms with Crippen molar-refractivity contribution in [1.29, 1.82) is 0 Å². The highest BCUT2D eigenvalue weighted by Crippen LogP contribution is 2.41. The SMILES string of the molecule is COC1(C(N)c2ccc(F)c(C(F)(F)F)c2)CCCCC1. The zero-order valence-electron chi connectivity index (χ0n) is 11.8. The lowest BCUT2D eigenvalue weighted by Crippen LogP contribution is -2.44. The van der Waals surface area contributed by atoms with E-state index >= 15 is 0 Å². The van der Waals surface area contributed by atoms with E-state index in [4.69, 9.17) is 10.5 Å². The third-order valence-corrected chi connectivity index (χ3v) is 4.33. The smallest absolute Gasteiger partial charge is 0.376 e. The Morgan fingerprint density at radius 2 is 1.81 bits per heavy atom. The molecule has 1 atom stereocenters. The largest absolute Gasteiger partial charge is 0.419 e. The maximum absolute atomic E-state index is 13.4. The monoisotopic (exact) mass is 305 g/mol. The van der Waals surface area contributed by atoms with Crippen LogP contribution in [0.1, 0.15) is 49.3 Å². The van der Waals surface area contributed by atoms with Crippen LogP contribution in [-0.2, 0) is 10.9 Å². The average Bonchev–Trinajstić information content (AvgIpc) is 2.46. The van der Waals surface area contributed by atoms with Crippen molar-refractivity contribution in [3.63, 3.8) is 0 Å². The van der Waals surface area contributed by atoms with E-state index in [1.807, 2.05) is 0 Å². The summed E-state index contributed by atoms with van der Waals surface area (Å²) in [5.41, 5.74) is 4.47. The Bertz CT molecular complexity index is 495. The molecule has 0 saturated heterocycles. The van der Waals surface area contributed by atoms with E-state index in [1.54, 1.807) is 0 Å². The molecule has 0 aromatic heterocycles. The second kappa shape index (κ2) is 5.93. The zero-order valence-corrected chi connectivity index (χ0v) is 11.8. The number of rotatable bonds is 3. The lowest BCUT2D eigenvalue weighted by atomic mass is 9.77. The van der Waals surface area contributed by atoms with E-state index in [0.29, 0.717) is 12.8 Å². The average molecular weight is 305 g/mol. The second-order valence-electron chi connectivity index (χ2n) is 5.54. The standard InChI is InChI=1S/C15H19F4NO/c1-21-14(7-3-2-4-8-14)13(20)10-5-6-12(16)11(9-10)15(17,18)19/h5-6,9,13H,2-4,7-8,20H2,1H3. The molecule has 1 aromatic carbocycles. The fourth-order valence-electron chi connectivity index (χ4n) is 3.05. The molecule has 6 heteroatoms. The van der Waals surface area contributed by atoms with Gasteiger partial charge in [0.25, 0.3) is 0 Å². The zero-order chi connectivity index (χ0) is 15.7. The van der Waals surface area contributed by atoms with Crippen molar-refractivity contribution in [3.8, 4) is 0 Å². The van der Waals surface area contributed by atoms with Gasteiger partial charge in [0.2, 0.25) is 0 Å². The minimum Gasteiger partial charge on any atom is -0.376 e. The van der Waals surface area contributed by atoms with Crippen LogP contribution in [0.2, 0.25) is 0 Å². The van der Waals surface area contributed by atoms with Crippen LogP contribution in [-0.4, -0.2) is 12.7 Å². The molecule has 1 aromatic rings. The van der Waals surface area contributed by atoms with Gasteiger partial charge in [-0.3, -0.25) is 0 Å². The maximum atomic E-state index is 13.4. The molecule has 1 aliphatic carbocycles. The molecule has 0 amide bonds. The van der Waals surface area contributed by atoms with Crippen molar-refractivity contribution in [2.75, 3.05) is 7.11 Å². The molecule has 0 bridgehead atoms. The Kier molecular flexibility index (Phi) is 4.58. The quantitative estimate of drug-likeness (QED) is 0.850. The summed E-state index contributed by atoms with van der Waals surface area (Å²) in [7, 11) is 1.53. The van der Waals surface area contributed by atoms with Crippen LogP contribution in [0.15, 0.2) is 18.2 Å². The summed E-state index contributed by atoms with van der Waals surface area (Å²) in [6.45, 7) is 0. The first-order chi connectivity index (χ1) is 9.80. The molecule has 2 nitrogen and oxygen atoms in total. The van der Waals surface area contributed by atoms with Crippen LogP contribution in [0.5, 0.6) is 0 Å². The van der Waals surface area contributed by atoms with Gasteiger partial charge in [0, 0.05) is 7.11 Å². The molecule has 0 aliphatic heterocycles. The molecular formula is C15H19F4NO. The Morgan fingerprint density at radius 1 is 1.19 bits per heavy atom. The number of halogens is 4. The van der Waals surface area contributed by atoms with Crippen molar-refractivity contribution in [1.82, 2.24) is 0 Å². The van der Waals surface area contributed by atoms with Gasteiger partial charge < -0.3 is 10.5 Å². The van der Waals surface area contributed by atoms with Gasteiger partial charge >= 0.3 is 6.18 Å². The topological polar surface area (TPSA) is 35.2 Å². The van der Waals surface area contributed by atoms with Crippen LogP contribution in [0, 0.1) is 5.82 Å². The lowest BCUT2D eigenvalue weighted by Gasteiger charge is -2.41. The summed E-state index contributed by atoms with van der Waals surface area (Å²) in [5, 5.41) is 0. The van der Waals surface area contributed by atoms with Crippen molar-refractivity contribution in [2.24, 2.45) is 5.73 Å². The number of benzene rings is 1. The molecule has 0 radical (unpaired) electrons. The van der Waals surface area contributed by atoms with Gasteiger partial charge in [-0.05, 0) is 30.5 Å². The molecule has 1 unspecified atom stereocenters. The van der Waals surface area contributed by atoms with E-state index in [2.05, 4.69) is 0 Å². The van der Waals surface area contributed by atoms with Gasteiger partial charge in [0.05, 0.1) is 17.2 Å². The summed E-state index contributed by atoms with van der Waals surface area (Å²) in [4.78, 5) is 0. The first-order valence-electron chi connectivity index (χ1n) is 6.97. The molecule has 2 rings (SSSR count). The predicted molar refractivity (Wildman–Crippen MR) is 71.2 cm³/mol. The van der Waals surface area contributed by atoms with E-state index in [-0.39, 0.29) is 5.56 Å². The number of ether oxygens (including phenoxy) is 1. The summed E-state index contributed by atoms with van der Waals surface area (Å²) in [6.07, 6.45) is -0.418. The Hall–Kier alpha value is -1.14. The Balaban J connectivity index is 2.36. The highest BCUT2D eigenvalue weighted by molar-refractivity contribution is 5.31. The predicted octanol–water partition coefficient (Wildman–Crippen LogP) is 4.19. The van der Waals surface area contributed by atoms with Gasteiger partial charge in [-0.15, -0.1) is 0 Å². The van der Waals surface area contributed by atoms with Crippen LogP contribution in [0.4, 0.5) is 17.6 Å². The molecule has 1 aliphatic rings. The first-order valence-corrected chi connectivity index (χ1v) is 6.97.